The van der Waals surface area contributed by atoms with Gasteiger partial charge in [-0.25, -0.2) is 13.1 Å². The smallest absolute Gasteiger partial charge is 0.308 e. The van der Waals surface area contributed by atoms with E-state index in [1.165, 1.54) is 6.07 Å². The lowest BCUT2D eigenvalue weighted by atomic mass is 10.1. The molecule has 0 saturated carbocycles. The van der Waals surface area contributed by atoms with Crippen LogP contribution < -0.4 is 14.3 Å². The van der Waals surface area contributed by atoms with Crippen LogP contribution >= 0.6 is 22.9 Å². The molecule has 0 radical (unpaired) electrons. The number of methoxy groups -OCH3 is 1. The number of thiazole rings is 1. The fourth-order valence-corrected chi connectivity index (χ4v) is 6.08. The minimum atomic E-state index is -3.79. The highest BCUT2D eigenvalue weighted by molar-refractivity contribution is 7.89. The van der Waals surface area contributed by atoms with Crippen LogP contribution in [0.15, 0.2) is 76.4 Å². The molecule has 4 rings (SSSR count). The molecular formula is C24H23ClN2O4S2. The van der Waals surface area contributed by atoms with E-state index in [9.17, 15) is 13.2 Å². The van der Waals surface area contributed by atoms with E-state index < -0.39 is 10.0 Å². The maximum atomic E-state index is 13.1. The molecule has 0 aliphatic carbocycles. The second-order valence-electron chi connectivity index (χ2n) is 7.57. The average Bonchev–Trinajstić information content (AvgIpc) is 3.13. The molecule has 3 aromatic carbocycles. The summed E-state index contributed by atoms with van der Waals surface area (Å²) in [6, 6.07) is 19.0. The minimum Gasteiger partial charge on any atom is -0.497 e. The van der Waals surface area contributed by atoms with Crippen LogP contribution in [-0.2, 0) is 16.6 Å². The van der Waals surface area contributed by atoms with E-state index in [0.29, 0.717) is 34.0 Å². The fourth-order valence-electron chi connectivity index (χ4n) is 3.61. The first-order valence-electron chi connectivity index (χ1n) is 10.3. The number of ether oxygens (including phenoxy) is 1. The van der Waals surface area contributed by atoms with Gasteiger partial charge in [0.1, 0.15) is 5.75 Å². The van der Waals surface area contributed by atoms with E-state index in [4.69, 9.17) is 16.3 Å². The number of rotatable bonds is 8. The summed E-state index contributed by atoms with van der Waals surface area (Å²) in [6.07, 6.45) is 0.582. The second-order valence-corrected chi connectivity index (χ2v) is 10.7. The third kappa shape index (κ3) is 5.14. The van der Waals surface area contributed by atoms with E-state index in [-0.39, 0.29) is 15.8 Å². The molecule has 172 valence electrons. The highest BCUT2D eigenvalue weighted by Gasteiger charge is 2.22. The summed E-state index contributed by atoms with van der Waals surface area (Å²) in [7, 11) is -2.21. The number of halogens is 1. The number of hydrogen-bond acceptors (Lipinski definition) is 5. The van der Waals surface area contributed by atoms with Crippen molar-refractivity contribution in [1.82, 2.24) is 9.29 Å². The summed E-state index contributed by atoms with van der Waals surface area (Å²) in [5, 5.41) is 0.628. The second kappa shape index (κ2) is 9.69. The normalized spacial score (nSPS) is 12.7. The standard InChI is InChI=1S/C24H23ClN2O4S2/c1-3-21(17-6-10-19(31-2)11-7-17)26-33(29,30)20-12-13-22-23(14-20)32-24(28)27(22)15-16-4-8-18(25)9-5-16/h4-14,21,26H,3,15H2,1-2H3. The highest BCUT2D eigenvalue weighted by Crippen LogP contribution is 2.26. The number of aromatic nitrogens is 1. The number of nitrogens with zero attached hydrogens (tertiary/aromatic N) is 1. The fraction of sp³-hybridized carbons (Fsp3) is 0.208. The Morgan fingerprint density at radius 1 is 1.06 bits per heavy atom. The number of fused-ring (bicyclic) bond motifs is 1. The number of nitrogens with one attached hydrogen (secondary N) is 1. The van der Waals surface area contributed by atoms with Crippen molar-refractivity contribution in [2.45, 2.75) is 30.8 Å². The Labute approximate surface area is 201 Å². The van der Waals surface area contributed by atoms with Gasteiger partial charge >= 0.3 is 4.87 Å². The monoisotopic (exact) mass is 502 g/mol. The molecule has 0 fully saturated rings. The van der Waals surface area contributed by atoms with Gasteiger partial charge in [0.15, 0.2) is 0 Å². The molecule has 1 N–H and O–H groups in total. The van der Waals surface area contributed by atoms with Gasteiger partial charge in [-0.3, -0.25) is 9.36 Å². The van der Waals surface area contributed by atoms with Crippen molar-refractivity contribution in [3.8, 4) is 5.75 Å². The van der Waals surface area contributed by atoms with Crippen LogP contribution in [0.25, 0.3) is 10.2 Å². The molecule has 1 heterocycles. The lowest BCUT2D eigenvalue weighted by Crippen LogP contribution is -2.28. The van der Waals surface area contributed by atoms with Crippen molar-refractivity contribution in [1.29, 1.82) is 0 Å². The molecule has 0 aliphatic heterocycles. The van der Waals surface area contributed by atoms with Gasteiger partial charge < -0.3 is 4.74 Å². The van der Waals surface area contributed by atoms with Gasteiger partial charge in [0.05, 0.1) is 28.8 Å². The zero-order valence-corrected chi connectivity index (χ0v) is 20.5. The van der Waals surface area contributed by atoms with Crippen LogP contribution in [0.3, 0.4) is 0 Å². The predicted octanol–water partition coefficient (Wildman–Crippen LogP) is 5.20. The van der Waals surface area contributed by atoms with E-state index in [1.807, 2.05) is 31.2 Å². The molecule has 4 aromatic rings. The van der Waals surface area contributed by atoms with E-state index in [0.717, 1.165) is 22.5 Å². The zero-order valence-electron chi connectivity index (χ0n) is 18.1. The molecule has 0 spiro atoms. The summed E-state index contributed by atoms with van der Waals surface area (Å²) >= 11 is 6.98. The van der Waals surface area contributed by atoms with E-state index in [1.54, 1.807) is 48.1 Å². The van der Waals surface area contributed by atoms with Crippen LogP contribution in [0.2, 0.25) is 5.02 Å². The summed E-state index contributed by atoms with van der Waals surface area (Å²) < 4.78 is 36.5. The summed E-state index contributed by atoms with van der Waals surface area (Å²) in [4.78, 5) is 12.6. The third-order valence-corrected chi connectivity index (χ3v) is 8.09. The predicted molar refractivity (Wildman–Crippen MR) is 133 cm³/mol. The van der Waals surface area contributed by atoms with Crippen molar-refractivity contribution in [3.63, 3.8) is 0 Å². The van der Waals surface area contributed by atoms with Gasteiger partial charge in [-0.1, -0.05) is 54.1 Å². The highest BCUT2D eigenvalue weighted by atomic mass is 35.5. The Morgan fingerprint density at radius 2 is 1.76 bits per heavy atom. The first-order chi connectivity index (χ1) is 15.8. The van der Waals surface area contributed by atoms with Crippen molar-refractivity contribution < 1.29 is 13.2 Å². The average molecular weight is 503 g/mol. The quantitative estimate of drug-likeness (QED) is 0.359. The third-order valence-electron chi connectivity index (χ3n) is 5.43. The number of benzene rings is 3. The molecule has 0 saturated heterocycles. The topological polar surface area (TPSA) is 77.4 Å². The first-order valence-corrected chi connectivity index (χ1v) is 13.0. The molecule has 1 aromatic heterocycles. The maximum Gasteiger partial charge on any atom is 0.308 e. The summed E-state index contributed by atoms with van der Waals surface area (Å²) in [5.74, 6) is 0.708. The van der Waals surface area contributed by atoms with Gasteiger partial charge in [-0.15, -0.1) is 0 Å². The van der Waals surface area contributed by atoms with Crippen molar-refractivity contribution in [2.24, 2.45) is 0 Å². The zero-order chi connectivity index (χ0) is 23.6. The number of sulfonamides is 1. The lowest BCUT2D eigenvalue weighted by Gasteiger charge is -2.18. The molecule has 0 amide bonds. The van der Waals surface area contributed by atoms with E-state index >= 15 is 0 Å². The molecule has 1 atom stereocenters. The summed E-state index contributed by atoms with van der Waals surface area (Å²) in [5.41, 5.74) is 2.48. The SMILES string of the molecule is CCC(NS(=O)(=O)c1ccc2c(c1)sc(=O)n2Cc1ccc(Cl)cc1)c1ccc(OC)cc1. The van der Waals surface area contributed by atoms with Crippen LogP contribution in [0, 0.1) is 0 Å². The Kier molecular flexibility index (Phi) is 6.90. The Hall–Kier alpha value is -2.65. The van der Waals surface area contributed by atoms with Gasteiger partial charge in [-0.05, 0) is 60.0 Å². The Bertz CT molecular complexity index is 1430. The maximum absolute atomic E-state index is 13.1. The van der Waals surface area contributed by atoms with Gasteiger partial charge in [-0.2, -0.15) is 0 Å². The molecular weight excluding hydrogens is 480 g/mol. The van der Waals surface area contributed by atoms with Gasteiger partial charge in [0.25, 0.3) is 0 Å². The molecule has 1 unspecified atom stereocenters. The van der Waals surface area contributed by atoms with Gasteiger partial charge in [0.2, 0.25) is 10.0 Å². The van der Waals surface area contributed by atoms with Crippen molar-refractivity contribution >= 4 is 43.2 Å². The van der Waals surface area contributed by atoms with Crippen LogP contribution in [0.5, 0.6) is 5.75 Å². The van der Waals surface area contributed by atoms with Crippen molar-refractivity contribution in [3.05, 3.63) is 92.5 Å². The Balaban J connectivity index is 1.61. The molecule has 0 aliphatic rings. The lowest BCUT2D eigenvalue weighted by molar-refractivity contribution is 0.414. The molecule has 9 heteroatoms. The molecule has 0 bridgehead atoms. The van der Waals surface area contributed by atoms with E-state index in [2.05, 4.69) is 4.72 Å². The minimum absolute atomic E-state index is 0.127. The van der Waals surface area contributed by atoms with Gasteiger partial charge in [0, 0.05) is 11.1 Å². The van der Waals surface area contributed by atoms with Crippen LogP contribution in [-0.4, -0.2) is 20.1 Å². The Morgan fingerprint density at radius 3 is 2.39 bits per heavy atom. The molecule has 6 nitrogen and oxygen atoms in total. The molecule has 33 heavy (non-hydrogen) atoms. The summed E-state index contributed by atoms with van der Waals surface area (Å²) in [6.45, 7) is 2.30. The van der Waals surface area contributed by atoms with Crippen LogP contribution in [0.4, 0.5) is 0 Å². The van der Waals surface area contributed by atoms with Crippen LogP contribution in [0.1, 0.15) is 30.5 Å². The first kappa shape index (κ1) is 23.5. The number of hydrogen-bond donors (Lipinski definition) is 1. The largest absolute Gasteiger partial charge is 0.497 e. The van der Waals surface area contributed by atoms with Crippen molar-refractivity contribution in [2.75, 3.05) is 7.11 Å².